The fourth-order valence-electron chi connectivity index (χ4n) is 1.26. The number of hydrogen-bond donors (Lipinski definition) is 0. The Bertz CT molecular complexity index is 538. The van der Waals surface area contributed by atoms with E-state index in [2.05, 4.69) is 32.6 Å². The zero-order valence-electron chi connectivity index (χ0n) is 8.07. The molecule has 15 heavy (non-hydrogen) atoms. The lowest BCUT2D eigenvalue weighted by molar-refractivity contribution is 0.0605. The molecule has 0 atom stereocenters. The minimum Gasteiger partial charge on any atom is -0.465 e. The molecule has 78 valence electrons. The van der Waals surface area contributed by atoms with Crippen molar-refractivity contribution >= 4 is 50.1 Å². The third kappa shape index (κ3) is 1.71. The molecule has 0 aliphatic heterocycles. The first-order valence-corrected chi connectivity index (χ1v) is 6.02. The molecule has 0 saturated carbocycles. The molecule has 0 fully saturated rings. The molecule has 2 aromatic heterocycles. The van der Waals surface area contributed by atoms with Gasteiger partial charge >= 0.3 is 5.97 Å². The Hall–Kier alpha value is -0.760. The molecule has 2 rings (SSSR count). The molecule has 0 aliphatic rings. The quantitative estimate of drug-likeness (QED) is 0.594. The van der Waals surface area contributed by atoms with Crippen LogP contribution in [0.25, 0.3) is 10.2 Å². The van der Waals surface area contributed by atoms with E-state index >= 15 is 0 Å². The van der Waals surface area contributed by atoms with Crippen molar-refractivity contribution in [2.75, 3.05) is 7.11 Å². The first-order chi connectivity index (χ1) is 7.15. The van der Waals surface area contributed by atoms with E-state index in [4.69, 9.17) is 4.74 Å². The fourth-order valence-corrected chi connectivity index (χ4v) is 3.64. The highest BCUT2D eigenvalue weighted by molar-refractivity contribution is 14.1. The van der Waals surface area contributed by atoms with Crippen molar-refractivity contribution in [2.24, 2.45) is 0 Å². The molecule has 0 aromatic carbocycles. The number of methoxy groups -OCH3 is 1. The second kappa shape index (κ2) is 4.01. The maximum Gasteiger partial charge on any atom is 0.349 e. The van der Waals surface area contributed by atoms with E-state index in [9.17, 15) is 4.79 Å². The van der Waals surface area contributed by atoms with Crippen LogP contribution >= 0.6 is 33.9 Å². The van der Waals surface area contributed by atoms with Crippen LogP contribution in [0.4, 0.5) is 0 Å². The summed E-state index contributed by atoms with van der Waals surface area (Å²) in [6, 6.07) is 0. The number of ether oxygens (including phenoxy) is 1. The molecule has 0 aliphatic carbocycles. The van der Waals surface area contributed by atoms with Crippen molar-refractivity contribution in [3.05, 3.63) is 20.5 Å². The number of fused-ring (bicyclic) bond motifs is 1. The van der Waals surface area contributed by atoms with Crippen LogP contribution in [0.5, 0.6) is 0 Å². The van der Waals surface area contributed by atoms with E-state index in [0.717, 1.165) is 19.5 Å². The van der Waals surface area contributed by atoms with Gasteiger partial charge in [-0.2, -0.15) is 0 Å². The maximum absolute atomic E-state index is 11.5. The number of nitrogens with zero attached hydrogens (tertiary/aromatic N) is 2. The third-order valence-electron chi connectivity index (χ3n) is 1.99. The summed E-state index contributed by atoms with van der Waals surface area (Å²) in [4.78, 5) is 21.1. The molecule has 0 radical (unpaired) electrons. The zero-order valence-corrected chi connectivity index (χ0v) is 11.0. The van der Waals surface area contributed by atoms with Gasteiger partial charge < -0.3 is 4.74 Å². The molecule has 0 saturated heterocycles. The van der Waals surface area contributed by atoms with E-state index in [1.54, 1.807) is 0 Å². The highest BCUT2D eigenvalue weighted by Crippen LogP contribution is 2.32. The first-order valence-electron chi connectivity index (χ1n) is 4.13. The third-order valence-corrected chi connectivity index (χ3v) is 4.51. The number of aromatic nitrogens is 2. The Morgan fingerprint density at radius 1 is 1.53 bits per heavy atom. The average molecular weight is 334 g/mol. The smallest absolute Gasteiger partial charge is 0.349 e. The number of thiophene rings is 1. The van der Waals surface area contributed by atoms with Crippen molar-refractivity contribution in [3.8, 4) is 0 Å². The van der Waals surface area contributed by atoms with Gasteiger partial charge in [0, 0.05) is 8.96 Å². The fraction of sp³-hybridized carbons (Fsp3) is 0.222. The van der Waals surface area contributed by atoms with E-state index in [1.807, 2.05) is 6.92 Å². The monoisotopic (exact) mass is 334 g/mol. The van der Waals surface area contributed by atoms with Gasteiger partial charge in [0.2, 0.25) is 0 Å². The Balaban J connectivity index is 2.75. The number of aryl methyl sites for hydroxylation is 1. The van der Waals surface area contributed by atoms with Crippen LogP contribution in [0.2, 0.25) is 0 Å². The number of halogens is 1. The van der Waals surface area contributed by atoms with Crippen molar-refractivity contribution in [1.82, 2.24) is 9.97 Å². The topological polar surface area (TPSA) is 52.1 Å². The highest BCUT2D eigenvalue weighted by Gasteiger charge is 2.19. The van der Waals surface area contributed by atoms with Gasteiger partial charge in [0.05, 0.1) is 12.8 Å². The maximum atomic E-state index is 11.5. The SMILES string of the molecule is COC(=O)c1sc2ncnc(C)c2c1I. The Kier molecular flexibility index (Phi) is 2.87. The van der Waals surface area contributed by atoms with Gasteiger partial charge in [0.1, 0.15) is 16.0 Å². The first kappa shape index (κ1) is 10.7. The number of carbonyl (C=O) groups is 1. The van der Waals surface area contributed by atoms with Gasteiger partial charge in [-0.25, -0.2) is 14.8 Å². The molecular weight excluding hydrogens is 327 g/mol. The molecule has 0 spiro atoms. The Morgan fingerprint density at radius 3 is 2.87 bits per heavy atom. The van der Waals surface area contributed by atoms with Crippen LogP contribution < -0.4 is 0 Å². The van der Waals surface area contributed by atoms with Gasteiger partial charge in [-0.1, -0.05) is 0 Å². The number of hydrogen-bond acceptors (Lipinski definition) is 5. The number of esters is 1. The largest absolute Gasteiger partial charge is 0.465 e. The van der Waals surface area contributed by atoms with Crippen molar-refractivity contribution in [2.45, 2.75) is 6.92 Å². The van der Waals surface area contributed by atoms with Crippen LogP contribution in [-0.2, 0) is 4.74 Å². The van der Waals surface area contributed by atoms with E-state index in [-0.39, 0.29) is 5.97 Å². The second-order valence-corrected chi connectivity index (χ2v) is 4.95. The standard InChI is InChI=1S/C9H7IN2O2S/c1-4-5-6(10)7(9(13)14-2)15-8(5)12-3-11-4/h3H,1-2H3. The van der Waals surface area contributed by atoms with Gasteiger partial charge in [-0.15, -0.1) is 11.3 Å². The van der Waals surface area contributed by atoms with Crippen molar-refractivity contribution in [1.29, 1.82) is 0 Å². The van der Waals surface area contributed by atoms with E-state index in [0.29, 0.717) is 4.88 Å². The second-order valence-electron chi connectivity index (χ2n) is 2.88. The minimum atomic E-state index is -0.318. The lowest BCUT2D eigenvalue weighted by atomic mass is 10.3. The highest BCUT2D eigenvalue weighted by atomic mass is 127. The van der Waals surface area contributed by atoms with Crippen LogP contribution in [-0.4, -0.2) is 23.0 Å². The summed E-state index contributed by atoms with van der Waals surface area (Å²) in [5.41, 5.74) is 0.885. The summed E-state index contributed by atoms with van der Waals surface area (Å²) in [5.74, 6) is -0.318. The van der Waals surface area contributed by atoms with Gasteiger partial charge in [0.25, 0.3) is 0 Å². The molecule has 0 amide bonds. The Labute approximate surface area is 104 Å². The lowest BCUT2D eigenvalue weighted by Gasteiger charge is -1.95. The zero-order chi connectivity index (χ0) is 11.0. The Morgan fingerprint density at radius 2 is 2.27 bits per heavy atom. The van der Waals surface area contributed by atoms with Crippen LogP contribution in [0, 0.1) is 10.5 Å². The normalized spacial score (nSPS) is 10.6. The summed E-state index contributed by atoms with van der Waals surface area (Å²) in [6.45, 7) is 1.90. The van der Waals surface area contributed by atoms with Crippen LogP contribution in [0.1, 0.15) is 15.4 Å². The van der Waals surface area contributed by atoms with Gasteiger partial charge in [0.15, 0.2) is 0 Å². The molecule has 0 bridgehead atoms. The molecule has 2 aromatic rings. The van der Waals surface area contributed by atoms with Gasteiger partial charge in [-0.3, -0.25) is 0 Å². The van der Waals surface area contributed by atoms with E-state index < -0.39 is 0 Å². The summed E-state index contributed by atoms with van der Waals surface area (Å²) < 4.78 is 5.58. The number of rotatable bonds is 1. The predicted octanol–water partition coefficient (Wildman–Crippen LogP) is 2.39. The van der Waals surface area contributed by atoms with Gasteiger partial charge in [-0.05, 0) is 29.5 Å². The summed E-state index contributed by atoms with van der Waals surface area (Å²) in [7, 11) is 1.38. The van der Waals surface area contributed by atoms with E-state index in [1.165, 1.54) is 24.8 Å². The summed E-state index contributed by atoms with van der Waals surface area (Å²) in [5, 5.41) is 0.948. The molecule has 0 N–H and O–H groups in total. The average Bonchev–Trinajstić information content (AvgIpc) is 2.56. The predicted molar refractivity (Wildman–Crippen MR) is 66.2 cm³/mol. The lowest BCUT2D eigenvalue weighted by Crippen LogP contribution is -1.99. The van der Waals surface area contributed by atoms with Crippen molar-refractivity contribution in [3.63, 3.8) is 0 Å². The molecule has 6 heteroatoms. The molecular formula is C9H7IN2O2S. The molecule has 4 nitrogen and oxygen atoms in total. The minimum absolute atomic E-state index is 0.318. The van der Waals surface area contributed by atoms with Crippen LogP contribution in [0.3, 0.4) is 0 Å². The van der Waals surface area contributed by atoms with Crippen molar-refractivity contribution < 1.29 is 9.53 Å². The number of carbonyl (C=O) groups excluding carboxylic acids is 1. The summed E-state index contributed by atoms with van der Waals surface area (Å²) >= 11 is 3.47. The summed E-state index contributed by atoms with van der Waals surface area (Å²) in [6.07, 6.45) is 1.51. The molecule has 2 heterocycles. The molecule has 0 unspecified atom stereocenters. The van der Waals surface area contributed by atoms with Crippen LogP contribution in [0.15, 0.2) is 6.33 Å².